The van der Waals surface area contributed by atoms with Crippen LogP contribution in [0.1, 0.15) is 33.2 Å². The molecule has 2 aromatic rings. The number of non-ortho nitro benzene ring substituents is 2. The molecule has 0 atom stereocenters. The zero-order valence-electron chi connectivity index (χ0n) is 14.1. The summed E-state index contributed by atoms with van der Waals surface area (Å²) in [5, 5.41) is 21.8. The molecule has 27 heavy (non-hydrogen) atoms. The third-order valence-electron chi connectivity index (χ3n) is 3.40. The molecule has 0 saturated carbocycles. The van der Waals surface area contributed by atoms with Gasteiger partial charge in [0.25, 0.3) is 11.4 Å². The molecule has 0 aliphatic rings. The molecule has 2 aromatic carbocycles. The van der Waals surface area contributed by atoms with Crippen molar-refractivity contribution in [2.24, 2.45) is 0 Å². The van der Waals surface area contributed by atoms with Gasteiger partial charge in [0.1, 0.15) is 6.61 Å². The molecule has 140 valence electrons. The molecule has 0 amide bonds. The number of rotatable bonds is 7. The van der Waals surface area contributed by atoms with Crippen molar-refractivity contribution in [3.63, 3.8) is 0 Å². The number of ether oxygens (including phenoxy) is 2. The summed E-state index contributed by atoms with van der Waals surface area (Å²) in [5.41, 5.74) is -0.965. The summed E-state index contributed by atoms with van der Waals surface area (Å²) in [4.78, 5) is 44.4. The first-order valence-electron chi connectivity index (χ1n) is 7.69. The lowest BCUT2D eigenvalue weighted by atomic mass is 10.1. The van der Waals surface area contributed by atoms with Gasteiger partial charge in [-0.3, -0.25) is 20.2 Å². The van der Waals surface area contributed by atoms with Gasteiger partial charge in [-0.05, 0) is 19.1 Å². The van der Waals surface area contributed by atoms with E-state index in [1.165, 1.54) is 18.2 Å². The van der Waals surface area contributed by atoms with Crippen LogP contribution in [0.15, 0.2) is 42.5 Å². The largest absolute Gasteiger partial charge is 0.462 e. The van der Waals surface area contributed by atoms with E-state index in [1.54, 1.807) is 13.0 Å². The molecule has 10 heteroatoms. The van der Waals surface area contributed by atoms with Crippen molar-refractivity contribution in [2.45, 2.75) is 13.5 Å². The van der Waals surface area contributed by atoms with Crippen LogP contribution in [-0.2, 0) is 16.1 Å². The molecule has 0 fully saturated rings. The zero-order chi connectivity index (χ0) is 20.0. The highest BCUT2D eigenvalue weighted by atomic mass is 16.6. The van der Waals surface area contributed by atoms with E-state index >= 15 is 0 Å². The maximum absolute atomic E-state index is 12.3. The predicted octanol–water partition coefficient (Wildman–Crippen LogP) is 3.04. The summed E-state index contributed by atoms with van der Waals surface area (Å²) in [6.45, 7) is 1.30. The Balaban J connectivity index is 2.23. The molecule has 0 bridgehead atoms. The highest BCUT2D eigenvalue weighted by Crippen LogP contribution is 2.23. The summed E-state index contributed by atoms with van der Waals surface area (Å²) in [6, 6.07) is 8.78. The minimum Gasteiger partial charge on any atom is -0.462 e. The van der Waals surface area contributed by atoms with Crippen molar-refractivity contribution < 1.29 is 28.9 Å². The summed E-state index contributed by atoms with van der Waals surface area (Å²) in [7, 11) is 0. The SMILES string of the molecule is CCOC(=O)c1ccccc1C(=O)OCc1cc([N+](=O)[O-])cc([N+](=O)[O-])c1. The second-order valence-electron chi connectivity index (χ2n) is 5.21. The lowest BCUT2D eigenvalue weighted by Gasteiger charge is -2.09. The van der Waals surface area contributed by atoms with Crippen molar-refractivity contribution in [1.29, 1.82) is 0 Å². The van der Waals surface area contributed by atoms with E-state index in [-0.39, 0.29) is 23.3 Å². The van der Waals surface area contributed by atoms with Gasteiger partial charge in [-0.1, -0.05) is 12.1 Å². The van der Waals surface area contributed by atoms with Crippen molar-refractivity contribution in [1.82, 2.24) is 0 Å². The average Bonchev–Trinajstić information content (AvgIpc) is 2.66. The van der Waals surface area contributed by atoms with Crippen molar-refractivity contribution in [3.05, 3.63) is 79.4 Å². The number of carbonyl (C=O) groups excluding carboxylic acids is 2. The summed E-state index contributed by atoms with van der Waals surface area (Å²) < 4.78 is 9.93. The third kappa shape index (κ3) is 4.84. The Morgan fingerprint density at radius 1 is 0.889 bits per heavy atom. The Morgan fingerprint density at radius 3 is 1.81 bits per heavy atom. The third-order valence-corrected chi connectivity index (χ3v) is 3.40. The maximum atomic E-state index is 12.3. The average molecular weight is 374 g/mol. The van der Waals surface area contributed by atoms with Crippen LogP contribution >= 0.6 is 0 Å². The van der Waals surface area contributed by atoms with Crippen LogP contribution in [0.2, 0.25) is 0 Å². The Hall–Kier alpha value is -3.82. The van der Waals surface area contributed by atoms with Gasteiger partial charge < -0.3 is 9.47 Å². The van der Waals surface area contributed by atoms with Crippen molar-refractivity contribution in [3.8, 4) is 0 Å². The normalized spacial score (nSPS) is 10.1. The van der Waals surface area contributed by atoms with Crippen molar-refractivity contribution in [2.75, 3.05) is 6.61 Å². The molecule has 0 aromatic heterocycles. The molecule has 0 spiro atoms. The molecule has 2 rings (SSSR count). The highest BCUT2D eigenvalue weighted by Gasteiger charge is 2.20. The van der Waals surface area contributed by atoms with Gasteiger partial charge >= 0.3 is 11.9 Å². The van der Waals surface area contributed by atoms with Gasteiger partial charge in [0, 0.05) is 17.7 Å². The number of nitro benzene ring substituents is 2. The quantitative estimate of drug-likeness (QED) is 0.409. The predicted molar refractivity (Wildman–Crippen MR) is 91.3 cm³/mol. The number of benzene rings is 2. The molecule has 0 unspecified atom stereocenters. The fraction of sp³-hybridized carbons (Fsp3) is 0.176. The monoisotopic (exact) mass is 374 g/mol. The van der Waals surface area contributed by atoms with Crippen LogP contribution in [0.25, 0.3) is 0 Å². The highest BCUT2D eigenvalue weighted by molar-refractivity contribution is 6.03. The molecule has 0 aliphatic heterocycles. The van der Waals surface area contributed by atoms with Crippen LogP contribution in [0.5, 0.6) is 0 Å². The van der Waals surface area contributed by atoms with E-state index in [0.717, 1.165) is 18.2 Å². The zero-order valence-corrected chi connectivity index (χ0v) is 14.1. The van der Waals surface area contributed by atoms with E-state index in [1.807, 2.05) is 0 Å². The number of esters is 2. The lowest BCUT2D eigenvalue weighted by Crippen LogP contribution is -2.14. The standard InChI is InChI=1S/C17H14N2O8/c1-2-26-16(20)14-5-3-4-6-15(14)17(21)27-10-11-7-12(18(22)23)9-13(8-11)19(24)25/h3-9H,2,10H2,1H3. The fourth-order valence-corrected chi connectivity index (χ4v) is 2.23. The van der Waals surface area contributed by atoms with E-state index < -0.39 is 39.8 Å². The summed E-state index contributed by atoms with van der Waals surface area (Å²) in [6.07, 6.45) is 0. The Labute approximate surface area is 152 Å². The van der Waals surface area contributed by atoms with Gasteiger partial charge in [-0.2, -0.15) is 0 Å². The topological polar surface area (TPSA) is 139 Å². The molecule has 0 radical (unpaired) electrons. The first-order valence-corrected chi connectivity index (χ1v) is 7.69. The van der Waals surface area contributed by atoms with E-state index in [4.69, 9.17) is 9.47 Å². The van der Waals surface area contributed by atoms with Crippen molar-refractivity contribution >= 4 is 23.3 Å². The Bertz CT molecular complexity index is 877. The molecule has 0 heterocycles. The lowest BCUT2D eigenvalue weighted by molar-refractivity contribution is -0.394. The summed E-state index contributed by atoms with van der Waals surface area (Å²) in [5.74, 6) is -1.57. The second-order valence-corrected chi connectivity index (χ2v) is 5.21. The Kier molecular flexibility index (Phi) is 6.15. The van der Waals surface area contributed by atoms with Crippen LogP contribution in [-0.4, -0.2) is 28.4 Å². The number of hydrogen-bond acceptors (Lipinski definition) is 8. The number of carbonyl (C=O) groups is 2. The van der Waals surface area contributed by atoms with Crippen LogP contribution < -0.4 is 0 Å². The molecular formula is C17H14N2O8. The summed E-state index contributed by atoms with van der Waals surface area (Å²) >= 11 is 0. The van der Waals surface area contributed by atoms with Crippen LogP contribution in [0, 0.1) is 20.2 Å². The Morgan fingerprint density at radius 2 is 1.37 bits per heavy atom. The minimum atomic E-state index is -0.868. The number of nitro groups is 2. The number of nitrogens with zero attached hydrogens (tertiary/aromatic N) is 2. The molecular weight excluding hydrogens is 360 g/mol. The smallest absolute Gasteiger partial charge is 0.339 e. The van der Waals surface area contributed by atoms with Gasteiger partial charge in [-0.25, -0.2) is 9.59 Å². The van der Waals surface area contributed by atoms with E-state index in [0.29, 0.717) is 0 Å². The minimum absolute atomic E-state index is 0.00868. The van der Waals surface area contributed by atoms with Gasteiger partial charge in [-0.15, -0.1) is 0 Å². The van der Waals surface area contributed by atoms with E-state index in [2.05, 4.69) is 0 Å². The first kappa shape index (κ1) is 19.5. The molecule has 0 N–H and O–H groups in total. The fourth-order valence-electron chi connectivity index (χ4n) is 2.23. The molecule has 0 saturated heterocycles. The van der Waals surface area contributed by atoms with Gasteiger partial charge in [0.15, 0.2) is 0 Å². The second kappa shape index (κ2) is 8.52. The van der Waals surface area contributed by atoms with Gasteiger partial charge in [0.05, 0.1) is 33.6 Å². The first-order chi connectivity index (χ1) is 12.8. The molecule has 10 nitrogen and oxygen atoms in total. The van der Waals surface area contributed by atoms with Crippen LogP contribution in [0.3, 0.4) is 0 Å². The van der Waals surface area contributed by atoms with Crippen LogP contribution in [0.4, 0.5) is 11.4 Å². The molecule has 0 aliphatic carbocycles. The van der Waals surface area contributed by atoms with Gasteiger partial charge in [0.2, 0.25) is 0 Å². The number of hydrogen-bond donors (Lipinski definition) is 0. The maximum Gasteiger partial charge on any atom is 0.339 e. The van der Waals surface area contributed by atoms with E-state index in [9.17, 15) is 29.8 Å².